The number of pyridine rings is 1. The monoisotopic (exact) mass is 510 g/mol. The molecule has 1 saturated heterocycles. The van der Waals surface area contributed by atoms with Gasteiger partial charge in [-0.05, 0) is 42.8 Å². The van der Waals surface area contributed by atoms with Crippen LogP contribution in [0.5, 0.6) is 5.75 Å². The third-order valence-corrected chi connectivity index (χ3v) is 6.82. The molecule has 1 aliphatic rings. The highest BCUT2D eigenvalue weighted by Gasteiger charge is 2.41. The number of phenolic OH excluding ortho intramolecular Hbond substituents is 1. The van der Waals surface area contributed by atoms with Crippen LogP contribution < -0.4 is 10.6 Å². The van der Waals surface area contributed by atoms with E-state index in [0.717, 1.165) is 5.69 Å². The molecule has 0 atom stereocenters. The van der Waals surface area contributed by atoms with Crippen molar-refractivity contribution in [2.75, 3.05) is 24.6 Å². The molecule has 0 saturated carbocycles. The van der Waals surface area contributed by atoms with E-state index in [1.54, 1.807) is 49.9 Å². The first-order chi connectivity index (χ1) is 17.1. The van der Waals surface area contributed by atoms with Gasteiger partial charge in [0.15, 0.2) is 0 Å². The number of halogens is 2. The lowest BCUT2D eigenvalue weighted by Crippen LogP contribution is -2.64. The van der Waals surface area contributed by atoms with E-state index in [1.807, 2.05) is 11.8 Å². The summed E-state index contributed by atoms with van der Waals surface area (Å²) in [6.45, 7) is 1.95. The van der Waals surface area contributed by atoms with Crippen LogP contribution in [-0.4, -0.2) is 54.7 Å². The average Bonchev–Trinajstić information content (AvgIpc) is 3.16. The van der Waals surface area contributed by atoms with Gasteiger partial charge in [-0.3, -0.25) is 9.55 Å². The normalized spacial score (nSPS) is 14.7. The second-order valence-corrected chi connectivity index (χ2v) is 9.55. The molecule has 0 bridgehead atoms. The second kappa shape index (κ2) is 8.77. The highest BCUT2D eigenvalue weighted by molar-refractivity contribution is 6.32. The van der Waals surface area contributed by atoms with Crippen LogP contribution in [0.1, 0.15) is 5.69 Å². The van der Waals surface area contributed by atoms with E-state index in [1.165, 1.54) is 21.3 Å². The second-order valence-electron chi connectivity index (χ2n) is 9.14. The number of phenols is 1. The number of aromatic nitrogens is 3. The van der Waals surface area contributed by atoms with Crippen molar-refractivity contribution in [1.82, 2.24) is 14.1 Å². The summed E-state index contributed by atoms with van der Waals surface area (Å²) in [6.07, 6.45) is 4.77. The summed E-state index contributed by atoms with van der Waals surface area (Å²) in [5.41, 5.74) is 1.91. The smallest absolute Gasteiger partial charge is 0.332 e. The van der Waals surface area contributed by atoms with Crippen LogP contribution in [0.15, 0.2) is 59.8 Å². The minimum Gasteiger partial charge on any atom is -0.507 e. The third-order valence-electron chi connectivity index (χ3n) is 6.52. The minimum absolute atomic E-state index is 0.149. The Hall–Kier alpha value is -3.66. The first-order valence-corrected chi connectivity index (χ1v) is 11.6. The van der Waals surface area contributed by atoms with Crippen LogP contribution in [0.4, 0.5) is 10.1 Å². The van der Waals surface area contributed by atoms with E-state index in [2.05, 4.69) is 4.98 Å². The molecule has 0 spiro atoms. The van der Waals surface area contributed by atoms with Crippen molar-refractivity contribution >= 4 is 17.3 Å². The summed E-state index contributed by atoms with van der Waals surface area (Å²) in [5.74, 6) is -0.706. The molecule has 10 heteroatoms. The Balaban J connectivity index is 1.54. The fourth-order valence-electron chi connectivity index (χ4n) is 4.48. The number of benzene rings is 2. The lowest BCUT2D eigenvalue weighted by Gasteiger charge is -2.47. The molecule has 0 unspecified atom stereocenters. The van der Waals surface area contributed by atoms with Crippen molar-refractivity contribution in [3.05, 3.63) is 82.0 Å². The predicted octanol–water partition coefficient (Wildman–Crippen LogP) is 3.25. The Bertz CT molecular complexity index is 1540. The Morgan fingerprint density at radius 2 is 1.78 bits per heavy atom. The van der Waals surface area contributed by atoms with E-state index < -0.39 is 11.4 Å². The summed E-state index contributed by atoms with van der Waals surface area (Å²) in [4.78, 5) is 18.6. The van der Waals surface area contributed by atoms with Crippen molar-refractivity contribution < 1.29 is 19.7 Å². The molecule has 0 aliphatic carbocycles. The molecular weight excluding hydrogens is 487 g/mol. The maximum atomic E-state index is 14.8. The largest absolute Gasteiger partial charge is 0.507 e. The number of aryl methyl sites for hydroxylation is 2. The van der Waals surface area contributed by atoms with Crippen LogP contribution >= 0.6 is 11.6 Å². The number of aliphatic hydroxyl groups excluding tert-OH is 1. The van der Waals surface area contributed by atoms with Crippen molar-refractivity contribution in [1.29, 1.82) is 0 Å². The number of aliphatic hydroxyl groups is 2. The van der Waals surface area contributed by atoms with Crippen molar-refractivity contribution in [3.8, 4) is 33.7 Å². The van der Waals surface area contributed by atoms with Gasteiger partial charge in [-0.1, -0.05) is 17.7 Å². The highest BCUT2D eigenvalue weighted by atomic mass is 35.5. The van der Waals surface area contributed by atoms with Gasteiger partial charge >= 0.3 is 5.69 Å². The molecule has 1 fully saturated rings. The Kier molecular flexibility index (Phi) is 5.86. The molecule has 36 heavy (non-hydrogen) atoms. The molecule has 3 heterocycles. The molecule has 0 radical (unpaired) electrons. The van der Waals surface area contributed by atoms with Gasteiger partial charge in [0, 0.05) is 42.3 Å². The number of imidazole rings is 1. The zero-order valence-corrected chi connectivity index (χ0v) is 20.4. The topological polar surface area (TPSA) is 104 Å². The van der Waals surface area contributed by atoms with Crippen LogP contribution in [0, 0.1) is 12.7 Å². The van der Waals surface area contributed by atoms with Crippen LogP contribution in [0.25, 0.3) is 27.9 Å². The fourth-order valence-corrected chi connectivity index (χ4v) is 4.75. The molecule has 4 aromatic rings. The molecule has 2 aromatic heterocycles. The Morgan fingerprint density at radius 3 is 2.39 bits per heavy atom. The van der Waals surface area contributed by atoms with Crippen LogP contribution in [0.2, 0.25) is 5.02 Å². The number of rotatable bonds is 5. The zero-order valence-electron chi connectivity index (χ0n) is 19.6. The Labute approximate surface area is 211 Å². The van der Waals surface area contributed by atoms with Gasteiger partial charge in [-0.2, -0.15) is 0 Å². The summed E-state index contributed by atoms with van der Waals surface area (Å²) in [7, 11) is 1.63. The first-order valence-electron chi connectivity index (χ1n) is 11.2. The summed E-state index contributed by atoms with van der Waals surface area (Å²) >= 11 is 6.48. The number of anilines is 1. The van der Waals surface area contributed by atoms with E-state index in [9.17, 15) is 24.5 Å². The molecule has 5 rings (SSSR count). The van der Waals surface area contributed by atoms with Gasteiger partial charge in [0.2, 0.25) is 0 Å². The quantitative estimate of drug-likeness (QED) is 0.381. The fraction of sp³-hybridized carbons (Fsp3) is 0.231. The van der Waals surface area contributed by atoms with Gasteiger partial charge in [-0.15, -0.1) is 0 Å². The lowest BCUT2D eigenvalue weighted by molar-refractivity contribution is -0.0360. The van der Waals surface area contributed by atoms with Gasteiger partial charge in [-0.25, -0.2) is 9.18 Å². The van der Waals surface area contributed by atoms with Gasteiger partial charge in [0.25, 0.3) is 0 Å². The minimum atomic E-state index is -1.16. The summed E-state index contributed by atoms with van der Waals surface area (Å²) < 4.78 is 17.6. The standard InChI is InChI=1S/C26H24ClFN4O4/c1-15-23(31-12-26(36,13-31)14-33)8-17(11-29-15)20-10-18(28)9-19(24(20)34)16-3-4-22(21(27)7-16)32-6-5-30(2)25(32)35/h3-11,33-34,36H,12-14H2,1-2H3. The molecule has 0 amide bonds. The number of hydrogen-bond donors (Lipinski definition) is 3. The van der Waals surface area contributed by atoms with E-state index in [-0.39, 0.29) is 47.3 Å². The lowest BCUT2D eigenvalue weighted by atomic mass is 9.93. The SMILES string of the molecule is Cc1ncc(-c2cc(F)cc(-c3ccc(-n4ccn(C)c4=O)c(Cl)c3)c2O)cc1N1CC(O)(CO)C1. The molecule has 2 aromatic carbocycles. The zero-order chi connectivity index (χ0) is 25.8. The molecular formula is C26H24ClFN4O4. The van der Waals surface area contributed by atoms with Gasteiger partial charge in [0.05, 0.1) is 41.8 Å². The van der Waals surface area contributed by atoms with Crippen LogP contribution in [-0.2, 0) is 7.05 Å². The van der Waals surface area contributed by atoms with Crippen LogP contribution in [0.3, 0.4) is 0 Å². The number of aromatic hydroxyl groups is 1. The molecule has 1 aliphatic heterocycles. The van der Waals surface area contributed by atoms with E-state index in [4.69, 9.17) is 11.6 Å². The number of hydrogen-bond acceptors (Lipinski definition) is 6. The summed E-state index contributed by atoms with van der Waals surface area (Å²) in [6, 6.07) is 9.10. The van der Waals surface area contributed by atoms with Gasteiger partial charge < -0.3 is 24.8 Å². The Morgan fingerprint density at radius 1 is 1.08 bits per heavy atom. The van der Waals surface area contributed by atoms with E-state index >= 15 is 0 Å². The highest BCUT2D eigenvalue weighted by Crippen LogP contribution is 2.41. The maximum absolute atomic E-state index is 14.8. The van der Waals surface area contributed by atoms with Gasteiger partial charge in [0.1, 0.15) is 17.2 Å². The van der Waals surface area contributed by atoms with Crippen molar-refractivity contribution in [3.63, 3.8) is 0 Å². The maximum Gasteiger partial charge on any atom is 0.332 e. The third kappa shape index (κ3) is 4.05. The molecule has 8 nitrogen and oxygen atoms in total. The predicted molar refractivity (Wildman–Crippen MR) is 135 cm³/mol. The number of nitrogens with zero attached hydrogens (tertiary/aromatic N) is 4. The first kappa shape index (κ1) is 24.1. The molecule has 186 valence electrons. The number of β-amino-alcohol motifs (C(OH)–C–C–N with tert-alkyl or cyclic N) is 1. The molecule has 3 N–H and O–H groups in total. The van der Waals surface area contributed by atoms with Crippen molar-refractivity contribution in [2.45, 2.75) is 12.5 Å². The van der Waals surface area contributed by atoms with E-state index in [0.29, 0.717) is 22.5 Å². The average molecular weight is 511 g/mol. The van der Waals surface area contributed by atoms with Crippen molar-refractivity contribution in [2.24, 2.45) is 7.05 Å². The summed E-state index contributed by atoms with van der Waals surface area (Å²) in [5, 5.41) is 30.9.